The monoisotopic (exact) mass is 200 g/mol. The van der Waals surface area contributed by atoms with Crippen molar-refractivity contribution in [3.05, 3.63) is 0 Å². The van der Waals surface area contributed by atoms with Crippen LogP contribution in [0.15, 0.2) is 0 Å². The molecule has 0 aromatic rings. The van der Waals surface area contributed by atoms with Gasteiger partial charge in [-0.3, -0.25) is 0 Å². The van der Waals surface area contributed by atoms with Gasteiger partial charge in [-0.15, -0.1) is 0 Å². The molecule has 82 valence electrons. The van der Waals surface area contributed by atoms with Gasteiger partial charge in [-0.1, -0.05) is 20.3 Å². The number of ether oxygens (including phenoxy) is 3. The van der Waals surface area contributed by atoms with Crippen LogP contribution in [0.4, 0.5) is 0 Å². The Morgan fingerprint density at radius 2 is 1.71 bits per heavy atom. The second-order valence-corrected chi connectivity index (χ2v) is 4.15. The molecule has 0 bridgehead atoms. The lowest BCUT2D eigenvalue weighted by Crippen LogP contribution is -2.29. The summed E-state index contributed by atoms with van der Waals surface area (Å²) in [6, 6.07) is 0. The highest BCUT2D eigenvalue weighted by atomic mass is 16.6. The molecule has 3 nitrogen and oxygen atoms in total. The minimum Gasteiger partial charge on any atom is -0.370 e. The lowest BCUT2D eigenvalue weighted by atomic mass is 10.1. The molecular formula is C11H20O3. The Morgan fingerprint density at radius 1 is 1.14 bits per heavy atom. The molecule has 0 aromatic carbocycles. The highest BCUT2D eigenvalue weighted by molar-refractivity contribution is 4.85. The Kier molecular flexibility index (Phi) is 3.42. The summed E-state index contributed by atoms with van der Waals surface area (Å²) in [5.74, 6) is 0. The molecule has 14 heavy (non-hydrogen) atoms. The first-order valence-electron chi connectivity index (χ1n) is 5.73. The van der Waals surface area contributed by atoms with Gasteiger partial charge in [0.25, 0.3) is 0 Å². The first kappa shape index (κ1) is 10.4. The van der Waals surface area contributed by atoms with Gasteiger partial charge >= 0.3 is 0 Å². The van der Waals surface area contributed by atoms with Crippen LogP contribution in [0.5, 0.6) is 0 Å². The molecule has 2 fully saturated rings. The predicted molar refractivity (Wildman–Crippen MR) is 53.3 cm³/mol. The fourth-order valence-electron chi connectivity index (χ4n) is 1.84. The van der Waals surface area contributed by atoms with Crippen LogP contribution >= 0.6 is 0 Å². The van der Waals surface area contributed by atoms with E-state index in [0.29, 0.717) is 18.3 Å². The molecule has 0 aliphatic carbocycles. The summed E-state index contributed by atoms with van der Waals surface area (Å²) in [5.41, 5.74) is 0. The van der Waals surface area contributed by atoms with Crippen LogP contribution in [0.25, 0.3) is 0 Å². The summed E-state index contributed by atoms with van der Waals surface area (Å²) in [4.78, 5) is 0. The first-order valence-corrected chi connectivity index (χ1v) is 5.73. The van der Waals surface area contributed by atoms with Gasteiger partial charge in [0, 0.05) is 0 Å². The average Bonchev–Trinajstić information content (AvgIpc) is 3.05. The molecule has 0 radical (unpaired) electrons. The van der Waals surface area contributed by atoms with Crippen LogP contribution < -0.4 is 0 Å². The summed E-state index contributed by atoms with van der Waals surface area (Å²) in [5, 5.41) is 0. The minimum absolute atomic E-state index is 0.288. The van der Waals surface area contributed by atoms with E-state index < -0.39 is 0 Å². The van der Waals surface area contributed by atoms with Crippen LogP contribution in [-0.2, 0) is 14.2 Å². The second-order valence-electron chi connectivity index (χ2n) is 4.15. The Labute approximate surface area is 85.7 Å². The molecule has 2 aliphatic rings. The van der Waals surface area contributed by atoms with Crippen LogP contribution in [0.3, 0.4) is 0 Å². The van der Waals surface area contributed by atoms with Crippen molar-refractivity contribution in [2.24, 2.45) is 0 Å². The Morgan fingerprint density at radius 3 is 2.14 bits per heavy atom. The maximum absolute atomic E-state index is 6.04. The highest BCUT2D eigenvalue weighted by Crippen LogP contribution is 2.27. The molecule has 0 amide bonds. The van der Waals surface area contributed by atoms with E-state index in [0.717, 1.165) is 32.5 Å². The van der Waals surface area contributed by atoms with E-state index in [1.807, 2.05) is 0 Å². The summed E-state index contributed by atoms with van der Waals surface area (Å²) in [6.07, 6.45) is 4.61. The molecule has 4 unspecified atom stereocenters. The molecule has 2 heterocycles. The molecule has 0 aromatic heterocycles. The molecule has 4 atom stereocenters. The lowest BCUT2D eigenvalue weighted by Gasteiger charge is -2.21. The highest BCUT2D eigenvalue weighted by Gasteiger charge is 2.39. The third-order valence-electron chi connectivity index (χ3n) is 2.87. The topological polar surface area (TPSA) is 34.3 Å². The fraction of sp³-hybridized carbons (Fsp3) is 1.00. The van der Waals surface area contributed by atoms with Crippen molar-refractivity contribution in [2.45, 2.75) is 57.5 Å². The Balaban J connectivity index is 1.78. The van der Waals surface area contributed by atoms with Gasteiger partial charge in [0.05, 0.1) is 25.4 Å². The van der Waals surface area contributed by atoms with Gasteiger partial charge in [0.2, 0.25) is 0 Å². The molecule has 0 spiro atoms. The molecule has 2 saturated heterocycles. The number of epoxide rings is 2. The largest absolute Gasteiger partial charge is 0.370 e. The number of hydrogen-bond acceptors (Lipinski definition) is 3. The third kappa shape index (κ3) is 2.69. The van der Waals surface area contributed by atoms with E-state index in [1.165, 1.54) is 0 Å². The van der Waals surface area contributed by atoms with E-state index in [2.05, 4.69) is 13.8 Å². The van der Waals surface area contributed by atoms with Gasteiger partial charge in [-0.25, -0.2) is 0 Å². The normalized spacial score (nSPS) is 33.9. The smallest absolute Gasteiger partial charge is 0.107 e. The molecule has 0 saturated carbocycles. The maximum atomic E-state index is 6.04. The maximum Gasteiger partial charge on any atom is 0.107 e. The summed E-state index contributed by atoms with van der Waals surface area (Å²) in [7, 11) is 0. The quantitative estimate of drug-likeness (QED) is 0.587. The minimum atomic E-state index is 0.288. The van der Waals surface area contributed by atoms with Crippen molar-refractivity contribution >= 4 is 0 Å². The van der Waals surface area contributed by atoms with Crippen LogP contribution in [0.1, 0.15) is 33.1 Å². The van der Waals surface area contributed by atoms with Gasteiger partial charge in [-0.2, -0.15) is 0 Å². The zero-order valence-corrected chi connectivity index (χ0v) is 9.07. The van der Waals surface area contributed by atoms with Crippen molar-refractivity contribution in [3.63, 3.8) is 0 Å². The first-order chi connectivity index (χ1) is 6.85. The van der Waals surface area contributed by atoms with Gasteiger partial charge in [0.15, 0.2) is 0 Å². The number of hydrogen-bond donors (Lipinski definition) is 0. The molecular weight excluding hydrogens is 180 g/mol. The second kappa shape index (κ2) is 4.60. The zero-order valence-electron chi connectivity index (χ0n) is 9.07. The molecule has 2 rings (SSSR count). The van der Waals surface area contributed by atoms with Crippen molar-refractivity contribution < 1.29 is 14.2 Å². The van der Waals surface area contributed by atoms with Gasteiger partial charge in [-0.05, 0) is 12.8 Å². The number of rotatable bonds is 7. The van der Waals surface area contributed by atoms with Crippen LogP contribution in [0, 0.1) is 0 Å². The van der Waals surface area contributed by atoms with E-state index in [4.69, 9.17) is 14.2 Å². The predicted octanol–water partition coefficient (Wildman–Crippen LogP) is 1.75. The third-order valence-corrected chi connectivity index (χ3v) is 2.87. The lowest BCUT2D eigenvalue weighted by molar-refractivity contribution is -0.0430. The van der Waals surface area contributed by atoms with Crippen LogP contribution in [-0.4, -0.2) is 37.6 Å². The molecule has 3 heteroatoms. The van der Waals surface area contributed by atoms with Gasteiger partial charge < -0.3 is 14.2 Å². The van der Waals surface area contributed by atoms with E-state index in [9.17, 15) is 0 Å². The summed E-state index contributed by atoms with van der Waals surface area (Å²) in [6.45, 7) is 6.10. The fourth-order valence-corrected chi connectivity index (χ4v) is 1.84. The summed E-state index contributed by atoms with van der Waals surface area (Å²) < 4.78 is 16.6. The van der Waals surface area contributed by atoms with Crippen LogP contribution in [0.2, 0.25) is 0 Å². The standard InChI is InChI=1S/C11H20O3/c1-3-5-9(11-7-13-11)14-8(4-2)10-6-12-10/h8-11H,3-7H2,1-2H3. The van der Waals surface area contributed by atoms with E-state index in [1.54, 1.807) is 0 Å². The van der Waals surface area contributed by atoms with Crippen molar-refractivity contribution in [2.75, 3.05) is 13.2 Å². The van der Waals surface area contributed by atoms with Gasteiger partial charge in [0.1, 0.15) is 12.2 Å². The Bertz CT molecular complexity index is 175. The molecule has 2 aliphatic heterocycles. The van der Waals surface area contributed by atoms with E-state index in [-0.39, 0.29) is 6.10 Å². The zero-order chi connectivity index (χ0) is 9.97. The Hall–Kier alpha value is -0.120. The van der Waals surface area contributed by atoms with Crippen molar-refractivity contribution in [1.82, 2.24) is 0 Å². The average molecular weight is 200 g/mol. The van der Waals surface area contributed by atoms with Crippen molar-refractivity contribution in [3.8, 4) is 0 Å². The van der Waals surface area contributed by atoms with Crippen molar-refractivity contribution in [1.29, 1.82) is 0 Å². The SMILES string of the molecule is CCCC(OC(CC)C1CO1)C1CO1. The summed E-state index contributed by atoms with van der Waals surface area (Å²) >= 11 is 0. The molecule has 0 N–H and O–H groups in total. The van der Waals surface area contributed by atoms with E-state index >= 15 is 0 Å².